The van der Waals surface area contributed by atoms with Gasteiger partial charge in [-0.15, -0.1) is 23.5 Å². The maximum atomic E-state index is 3.41. The molecular formula is C8H16N2S4. The molecule has 0 bridgehead atoms. The molecule has 2 aliphatic heterocycles. The number of rotatable bonds is 7. The van der Waals surface area contributed by atoms with Gasteiger partial charge in [0.1, 0.15) is 0 Å². The summed E-state index contributed by atoms with van der Waals surface area (Å²) in [5.41, 5.74) is 0. The molecule has 0 spiro atoms. The van der Waals surface area contributed by atoms with E-state index in [-0.39, 0.29) is 0 Å². The molecule has 0 aromatic rings. The number of hydrogen-bond acceptors (Lipinski definition) is 6. The van der Waals surface area contributed by atoms with Gasteiger partial charge in [-0.3, -0.25) is 9.44 Å². The summed E-state index contributed by atoms with van der Waals surface area (Å²) in [5.74, 6) is 2.71. The van der Waals surface area contributed by atoms with Crippen molar-refractivity contribution in [3.05, 3.63) is 0 Å². The SMILES string of the molecule is C(CNSC1CCS1)NSC1CCS1. The van der Waals surface area contributed by atoms with Crippen LogP contribution in [-0.2, 0) is 0 Å². The van der Waals surface area contributed by atoms with Crippen molar-refractivity contribution in [3.8, 4) is 0 Å². The molecule has 2 atom stereocenters. The van der Waals surface area contributed by atoms with Gasteiger partial charge in [0.15, 0.2) is 0 Å². The molecule has 2 aliphatic rings. The minimum Gasteiger partial charge on any atom is -0.262 e. The zero-order valence-electron chi connectivity index (χ0n) is 8.03. The summed E-state index contributed by atoms with van der Waals surface area (Å²) in [6, 6.07) is 0. The highest BCUT2D eigenvalue weighted by atomic mass is 32.2. The first-order valence-corrected chi connectivity index (χ1v) is 8.81. The number of hydrogen-bond donors (Lipinski definition) is 2. The molecule has 0 aromatic heterocycles. The van der Waals surface area contributed by atoms with Crippen LogP contribution >= 0.6 is 47.4 Å². The van der Waals surface area contributed by atoms with E-state index in [0.29, 0.717) is 0 Å². The van der Waals surface area contributed by atoms with E-state index in [4.69, 9.17) is 0 Å². The lowest BCUT2D eigenvalue weighted by molar-refractivity contribution is 0.859. The van der Waals surface area contributed by atoms with Crippen LogP contribution in [0.3, 0.4) is 0 Å². The Morgan fingerprint density at radius 2 is 1.36 bits per heavy atom. The first kappa shape index (κ1) is 11.8. The number of nitrogens with one attached hydrogen (secondary N) is 2. The fraction of sp³-hybridized carbons (Fsp3) is 1.00. The summed E-state index contributed by atoms with van der Waals surface area (Å²) in [4.78, 5) is 0. The molecule has 6 heteroatoms. The summed E-state index contributed by atoms with van der Waals surface area (Å²) < 4.78 is 8.47. The van der Waals surface area contributed by atoms with Crippen molar-refractivity contribution in [3.63, 3.8) is 0 Å². The second kappa shape index (κ2) is 6.81. The first-order valence-electron chi connectivity index (χ1n) is 4.95. The van der Waals surface area contributed by atoms with E-state index in [1.54, 1.807) is 0 Å². The smallest absolute Gasteiger partial charge is 0.0655 e. The molecule has 0 aliphatic carbocycles. The Kier molecular flexibility index (Phi) is 5.73. The van der Waals surface area contributed by atoms with Gasteiger partial charge >= 0.3 is 0 Å². The summed E-state index contributed by atoms with van der Waals surface area (Å²) in [6.45, 7) is 2.15. The van der Waals surface area contributed by atoms with E-state index < -0.39 is 0 Å². The zero-order valence-corrected chi connectivity index (χ0v) is 11.3. The van der Waals surface area contributed by atoms with Crippen LogP contribution in [-0.4, -0.2) is 33.8 Å². The largest absolute Gasteiger partial charge is 0.262 e. The second-order valence-corrected chi connectivity index (χ2v) is 8.61. The Balaban J connectivity index is 1.32. The van der Waals surface area contributed by atoms with Crippen LogP contribution in [0, 0.1) is 0 Å². The van der Waals surface area contributed by atoms with Crippen LogP contribution in [0.15, 0.2) is 0 Å². The van der Waals surface area contributed by atoms with Gasteiger partial charge in [0.2, 0.25) is 0 Å². The maximum absolute atomic E-state index is 3.41. The van der Waals surface area contributed by atoms with Gasteiger partial charge in [-0.25, -0.2) is 0 Å². The minimum atomic E-state index is 0.824. The Morgan fingerprint density at radius 1 is 0.929 bits per heavy atom. The monoisotopic (exact) mass is 268 g/mol. The molecule has 2 rings (SSSR count). The molecular weight excluding hydrogens is 252 g/mol. The quantitative estimate of drug-likeness (QED) is 0.543. The molecule has 82 valence electrons. The fourth-order valence-electron chi connectivity index (χ4n) is 1.02. The molecule has 0 radical (unpaired) electrons. The van der Waals surface area contributed by atoms with Crippen molar-refractivity contribution in [1.82, 2.24) is 9.44 Å². The van der Waals surface area contributed by atoms with E-state index in [9.17, 15) is 0 Å². The average Bonchev–Trinajstić information content (AvgIpc) is 2.03. The van der Waals surface area contributed by atoms with Gasteiger partial charge in [0.25, 0.3) is 0 Å². The Hall–Kier alpha value is 1.32. The molecule has 2 unspecified atom stereocenters. The highest BCUT2D eigenvalue weighted by Crippen LogP contribution is 2.35. The zero-order chi connectivity index (χ0) is 9.64. The minimum absolute atomic E-state index is 0.824. The third-order valence-electron chi connectivity index (χ3n) is 2.07. The summed E-state index contributed by atoms with van der Waals surface area (Å²) in [5, 5.41) is 0. The highest BCUT2D eigenvalue weighted by Gasteiger charge is 2.19. The molecule has 14 heavy (non-hydrogen) atoms. The van der Waals surface area contributed by atoms with E-state index in [2.05, 4.69) is 33.0 Å². The van der Waals surface area contributed by atoms with Crippen molar-refractivity contribution < 1.29 is 0 Å². The normalized spacial score (nSPS) is 30.9. The molecule has 0 amide bonds. The Morgan fingerprint density at radius 3 is 1.64 bits per heavy atom. The van der Waals surface area contributed by atoms with Gasteiger partial charge in [-0.1, -0.05) is 23.9 Å². The molecule has 0 saturated carbocycles. The molecule has 2 saturated heterocycles. The van der Waals surface area contributed by atoms with E-state index in [0.717, 1.165) is 22.3 Å². The van der Waals surface area contributed by atoms with E-state index >= 15 is 0 Å². The van der Waals surface area contributed by atoms with Gasteiger partial charge in [-0.2, -0.15) is 0 Å². The summed E-state index contributed by atoms with van der Waals surface area (Å²) in [7, 11) is 0. The summed E-state index contributed by atoms with van der Waals surface area (Å²) >= 11 is 7.92. The topological polar surface area (TPSA) is 24.1 Å². The van der Waals surface area contributed by atoms with Gasteiger partial charge in [-0.05, 0) is 24.3 Å². The van der Waals surface area contributed by atoms with Crippen molar-refractivity contribution in [2.24, 2.45) is 0 Å². The van der Waals surface area contributed by atoms with E-state index in [1.807, 2.05) is 23.9 Å². The van der Waals surface area contributed by atoms with Gasteiger partial charge in [0.05, 0.1) is 9.16 Å². The summed E-state index contributed by atoms with van der Waals surface area (Å²) in [6.07, 6.45) is 2.76. The number of thioether (sulfide) groups is 2. The third-order valence-corrected chi connectivity index (χ3v) is 7.36. The molecule has 2 heterocycles. The van der Waals surface area contributed by atoms with Crippen LogP contribution in [0.2, 0.25) is 0 Å². The standard InChI is InChI=1S/C8H16N2S4/c1-5-11-7(1)13-9-3-4-10-14-8-2-6-12-8/h7-10H,1-6H2. The lowest BCUT2D eigenvalue weighted by atomic mass is 10.5. The average molecular weight is 268 g/mol. The third kappa shape index (κ3) is 4.06. The van der Waals surface area contributed by atoms with Crippen LogP contribution in [0.25, 0.3) is 0 Å². The van der Waals surface area contributed by atoms with Gasteiger partial charge < -0.3 is 0 Å². The van der Waals surface area contributed by atoms with Crippen LogP contribution < -0.4 is 9.44 Å². The first-order chi connectivity index (χ1) is 6.95. The van der Waals surface area contributed by atoms with Crippen molar-refractivity contribution in [2.75, 3.05) is 24.6 Å². The molecule has 2 N–H and O–H groups in total. The maximum Gasteiger partial charge on any atom is 0.0655 e. The van der Waals surface area contributed by atoms with Crippen molar-refractivity contribution >= 4 is 47.4 Å². The molecule has 0 aromatic carbocycles. The molecule has 2 fully saturated rings. The van der Waals surface area contributed by atoms with Crippen LogP contribution in [0.4, 0.5) is 0 Å². The Bertz CT molecular complexity index is 143. The van der Waals surface area contributed by atoms with Gasteiger partial charge in [0, 0.05) is 13.1 Å². The lowest BCUT2D eigenvalue weighted by Gasteiger charge is -2.25. The van der Waals surface area contributed by atoms with Crippen molar-refractivity contribution in [2.45, 2.75) is 22.0 Å². The Labute approximate surface area is 103 Å². The fourth-order valence-corrected chi connectivity index (χ4v) is 5.03. The van der Waals surface area contributed by atoms with E-state index in [1.165, 1.54) is 24.3 Å². The predicted octanol–water partition coefficient (Wildman–Crippen LogP) is 2.39. The predicted molar refractivity (Wildman–Crippen MR) is 72.9 cm³/mol. The van der Waals surface area contributed by atoms with Crippen molar-refractivity contribution in [1.29, 1.82) is 0 Å². The molecule has 2 nitrogen and oxygen atoms in total. The van der Waals surface area contributed by atoms with Crippen LogP contribution in [0.5, 0.6) is 0 Å². The second-order valence-electron chi connectivity index (χ2n) is 3.20. The van der Waals surface area contributed by atoms with Crippen LogP contribution in [0.1, 0.15) is 12.8 Å². The highest BCUT2D eigenvalue weighted by molar-refractivity contribution is 8.17. The lowest BCUT2D eigenvalue weighted by Crippen LogP contribution is -2.25.